The van der Waals surface area contributed by atoms with E-state index in [1.807, 2.05) is 0 Å². The van der Waals surface area contributed by atoms with Gasteiger partial charge in [0.05, 0.1) is 6.10 Å². The Morgan fingerprint density at radius 2 is 1.48 bits per heavy atom. The average Bonchev–Trinajstić information content (AvgIpc) is 2.87. The Morgan fingerprint density at radius 3 is 2.14 bits per heavy atom. The summed E-state index contributed by atoms with van der Waals surface area (Å²) in [6, 6.07) is 0. The van der Waals surface area contributed by atoms with Crippen LogP contribution in [-0.4, -0.2) is 28.8 Å². The Kier molecular flexibility index (Phi) is 5.62. The van der Waals surface area contributed by atoms with Gasteiger partial charge in [0, 0.05) is 6.10 Å². The van der Waals surface area contributed by atoms with Gasteiger partial charge in [-0.3, -0.25) is 0 Å². The molecule has 0 saturated heterocycles. The van der Waals surface area contributed by atoms with Crippen LogP contribution in [0.3, 0.4) is 0 Å². The topological polar surface area (TPSA) is 18.5 Å². The highest BCUT2D eigenvalue weighted by Gasteiger charge is 2.63. The zero-order valence-electron chi connectivity index (χ0n) is 20.4. The van der Waals surface area contributed by atoms with Gasteiger partial charge < -0.3 is 8.85 Å². The summed E-state index contributed by atoms with van der Waals surface area (Å²) in [7, 11) is -3.15. The van der Waals surface area contributed by atoms with E-state index in [0.29, 0.717) is 23.0 Å². The molecule has 166 valence electrons. The molecule has 0 aromatic carbocycles. The van der Waals surface area contributed by atoms with Crippen molar-refractivity contribution in [2.45, 2.75) is 110 Å². The van der Waals surface area contributed by atoms with Gasteiger partial charge in [0.15, 0.2) is 16.6 Å². The molecule has 0 aromatic heterocycles. The molecule has 0 aromatic rings. The second kappa shape index (κ2) is 7.32. The summed E-state index contributed by atoms with van der Waals surface area (Å²) in [5.74, 6) is 3.26. The molecule has 0 spiro atoms. The van der Waals surface area contributed by atoms with Crippen LogP contribution in [0.4, 0.5) is 0 Å². The predicted octanol–water partition coefficient (Wildman–Crippen LogP) is 7.25. The van der Waals surface area contributed by atoms with E-state index >= 15 is 0 Å². The molecule has 4 heteroatoms. The van der Waals surface area contributed by atoms with Gasteiger partial charge in [0.25, 0.3) is 0 Å². The molecule has 0 aliphatic heterocycles. The van der Waals surface area contributed by atoms with Crippen LogP contribution in [0.15, 0.2) is 12.2 Å². The minimum Gasteiger partial charge on any atom is -0.414 e. The molecule has 0 amide bonds. The van der Waals surface area contributed by atoms with Crippen LogP contribution >= 0.6 is 0 Å². The lowest BCUT2D eigenvalue weighted by molar-refractivity contribution is -0.159. The SMILES string of the molecule is C[C@]12CC=CCC1CC[C@@H]1[C@@H]2C(O[Si](C)(C)C)C[C@]2(C)C(O[Si](C)(C)C)CC[C@@H]12. The molecular weight excluding hydrogens is 388 g/mol. The Labute approximate surface area is 182 Å². The maximum Gasteiger partial charge on any atom is 0.184 e. The molecule has 3 fully saturated rings. The molecule has 0 heterocycles. The highest BCUT2D eigenvalue weighted by molar-refractivity contribution is 6.70. The first-order valence-electron chi connectivity index (χ1n) is 12.3. The van der Waals surface area contributed by atoms with Gasteiger partial charge in [0.2, 0.25) is 0 Å². The van der Waals surface area contributed by atoms with E-state index in [9.17, 15) is 0 Å². The van der Waals surface area contributed by atoms with Crippen LogP contribution < -0.4 is 0 Å². The largest absolute Gasteiger partial charge is 0.414 e. The van der Waals surface area contributed by atoms with Crippen LogP contribution in [0.5, 0.6) is 0 Å². The van der Waals surface area contributed by atoms with Crippen molar-refractivity contribution >= 4 is 16.6 Å². The molecule has 29 heavy (non-hydrogen) atoms. The van der Waals surface area contributed by atoms with Crippen molar-refractivity contribution in [3.05, 3.63) is 12.2 Å². The third-order valence-electron chi connectivity index (χ3n) is 9.03. The van der Waals surface area contributed by atoms with E-state index in [4.69, 9.17) is 8.85 Å². The minimum absolute atomic E-state index is 0.305. The maximum absolute atomic E-state index is 7.08. The van der Waals surface area contributed by atoms with Crippen molar-refractivity contribution in [3.63, 3.8) is 0 Å². The normalized spacial score (nSPS) is 47.4. The molecule has 2 nitrogen and oxygen atoms in total. The lowest BCUT2D eigenvalue weighted by Crippen LogP contribution is -2.61. The van der Waals surface area contributed by atoms with Crippen molar-refractivity contribution in [2.75, 3.05) is 0 Å². The van der Waals surface area contributed by atoms with E-state index in [2.05, 4.69) is 65.3 Å². The number of hydrogen-bond donors (Lipinski definition) is 0. The molecule has 3 saturated carbocycles. The fourth-order valence-electron chi connectivity index (χ4n) is 8.07. The highest BCUT2D eigenvalue weighted by atomic mass is 28.4. The summed E-state index contributed by atoms with van der Waals surface area (Å²) in [6.07, 6.45) is 15.1. The Balaban J connectivity index is 1.71. The van der Waals surface area contributed by atoms with Crippen LogP contribution in [0.2, 0.25) is 39.3 Å². The fraction of sp³-hybridized carbons (Fsp3) is 0.920. The van der Waals surface area contributed by atoms with E-state index in [0.717, 1.165) is 23.7 Å². The summed E-state index contributed by atoms with van der Waals surface area (Å²) in [5.41, 5.74) is 0.737. The van der Waals surface area contributed by atoms with Gasteiger partial charge in [0.1, 0.15) is 0 Å². The van der Waals surface area contributed by atoms with Gasteiger partial charge in [-0.15, -0.1) is 0 Å². The number of rotatable bonds is 4. The van der Waals surface area contributed by atoms with Gasteiger partial charge in [-0.25, -0.2) is 0 Å². The summed E-state index contributed by atoms with van der Waals surface area (Å²) in [6.45, 7) is 19.5. The summed E-state index contributed by atoms with van der Waals surface area (Å²) in [4.78, 5) is 0. The molecular formula is C25H46O2Si2. The monoisotopic (exact) mass is 434 g/mol. The fourth-order valence-corrected chi connectivity index (χ4v) is 10.4. The number of allylic oxidation sites excluding steroid dienone is 2. The molecule has 0 radical (unpaired) electrons. The minimum atomic E-state index is -1.61. The Morgan fingerprint density at radius 1 is 0.793 bits per heavy atom. The van der Waals surface area contributed by atoms with E-state index in [-0.39, 0.29) is 0 Å². The highest BCUT2D eigenvalue weighted by Crippen LogP contribution is 2.66. The van der Waals surface area contributed by atoms with Gasteiger partial charge in [-0.1, -0.05) is 26.0 Å². The molecule has 3 unspecified atom stereocenters. The number of hydrogen-bond acceptors (Lipinski definition) is 2. The molecule has 4 rings (SSSR count). The summed E-state index contributed by atoms with van der Waals surface area (Å²) in [5, 5.41) is 0. The molecule has 4 aliphatic rings. The first kappa shape index (κ1) is 22.3. The number of fused-ring (bicyclic) bond motifs is 5. The Bertz CT molecular complexity index is 648. The van der Waals surface area contributed by atoms with Crippen molar-refractivity contribution in [2.24, 2.45) is 34.5 Å². The smallest absolute Gasteiger partial charge is 0.184 e. The van der Waals surface area contributed by atoms with Crippen molar-refractivity contribution < 1.29 is 8.85 Å². The third-order valence-corrected chi connectivity index (χ3v) is 11.0. The van der Waals surface area contributed by atoms with E-state index < -0.39 is 16.6 Å². The maximum atomic E-state index is 7.08. The van der Waals surface area contributed by atoms with E-state index in [1.165, 1.54) is 44.9 Å². The molecule has 0 bridgehead atoms. The Hall–Kier alpha value is 0.0938. The first-order chi connectivity index (χ1) is 13.3. The summed E-state index contributed by atoms with van der Waals surface area (Å²) >= 11 is 0. The molecule has 4 aliphatic carbocycles. The van der Waals surface area contributed by atoms with Crippen molar-refractivity contribution in [1.82, 2.24) is 0 Å². The lowest BCUT2D eigenvalue weighted by Gasteiger charge is -2.62. The second-order valence-electron chi connectivity index (χ2n) is 13.3. The van der Waals surface area contributed by atoms with Crippen LogP contribution in [0.25, 0.3) is 0 Å². The van der Waals surface area contributed by atoms with Gasteiger partial charge >= 0.3 is 0 Å². The second-order valence-corrected chi connectivity index (χ2v) is 22.2. The zero-order valence-corrected chi connectivity index (χ0v) is 22.4. The van der Waals surface area contributed by atoms with Crippen LogP contribution in [0.1, 0.15) is 58.8 Å². The van der Waals surface area contributed by atoms with Crippen LogP contribution in [0, 0.1) is 34.5 Å². The quantitative estimate of drug-likeness (QED) is 0.343. The van der Waals surface area contributed by atoms with Gasteiger partial charge in [-0.2, -0.15) is 0 Å². The zero-order chi connectivity index (χ0) is 21.2. The van der Waals surface area contributed by atoms with Crippen molar-refractivity contribution in [1.29, 1.82) is 0 Å². The van der Waals surface area contributed by atoms with E-state index in [1.54, 1.807) is 0 Å². The average molecular weight is 435 g/mol. The molecule has 8 atom stereocenters. The standard InChI is InChI=1S/C25H46O2Si2/c1-24-16-10-9-11-18(24)12-13-19-20-14-15-22(27-29(6,7)8)25(20,2)17-21(23(19)24)26-28(3,4)5/h9-10,18-23H,11-17H2,1-8H3/t18?,19-,20-,21?,22?,23+,24-,25-/m0/s1. The summed E-state index contributed by atoms with van der Waals surface area (Å²) < 4.78 is 13.9. The third kappa shape index (κ3) is 4.01. The first-order valence-corrected chi connectivity index (χ1v) is 19.2. The van der Waals surface area contributed by atoms with Crippen LogP contribution in [-0.2, 0) is 8.85 Å². The van der Waals surface area contributed by atoms with Crippen molar-refractivity contribution in [3.8, 4) is 0 Å². The lowest BCUT2D eigenvalue weighted by atomic mass is 9.45. The predicted molar refractivity (Wildman–Crippen MR) is 128 cm³/mol. The van der Waals surface area contributed by atoms with Gasteiger partial charge in [-0.05, 0) is 119 Å². The molecule has 0 N–H and O–H groups in total.